The van der Waals surface area contributed by atoms with Crippen molar-refractivity contribution in [2.45, 2.75) is 45.6 Å². The Labute approximate surface area is 172 Å². The molecule has 5 heteroatoms. The van der Waals surface area contributed by atoms with E-state index in [0.29, 0.717) is 13.1 Å². The topological polar surface area (TPSA) is 61.8 Å². The first-order valence-electron chi connectivity index (χ1n) is 10.4. The lowest BCUT2D eigenvalue weighted by Gasteiger charge is -2.16. The van der Waals surface area contributed by atoms with Crippen LogP contribution in [0.4, 0.5) is 0 Å². The fourth-order valence-electron chi connectivity index (χ4n) is 3.56. The van der Waals surface area contributed by atoms with Gasteiger partial charge in [0.05, 0.1) is 11.6 Å². The van der Waals surface area contributed by atoms with Gasteiger partial charge in [-0.05, 0) is 24.0 Å². The molecule has 2 aromatic rings. The molecule has 0 spiro atoms. The maximum atomic E-state index is 12.7. The summed E-state index contributed by atoms with van der Waals surface area (Å²) in [7, 11) is 0. The maximum absolute atomic E-state index is 12.7. The van der Waals surface area contributed by atoms with E-state index in [2.05, 4.69) is 17.5 Å². The molecule has 1 unspecified atom stereocenters. The number of unbranched alkanes of at least 4 members (excludes halogenated alkanes) is 2. The minimum atomic E-state index is -0.359. The number of rotatable bonds is 9. The quantitative estimate of drug-likeness (QED) is 0.397. The molecule has 5 nitrogen and oxygen atoms in total. The standard InChI is InChI=1S/C24H29N3O2/c1-2-3-6-15-22(20-13-9-5-10-14-20)25-26-24(29)21-16-23(28)27(18-21)17-19-11-7-4-8-12-19/h4-5,7-14,21H,2-3,6,15-18H2,1H3,(H,26,29)/b25-22+. The van der Waals surface area contributed by atoms with E-state index in [1.807, 2.05) is 60.7 Å². The molecule has 1 saturated heterocycles. The van der Waals surface area contributed by atoms with E-state index in [-0.39, 0.29) is 24.2 Å². The van der Waals surface area contributed by atoms with Gasteiger partial charge in [0.1, 0.15) is 0 Å². The number of carbonyl (C=O) groups is 2. The molecule has 0 saturated carbocycles. The lowest BCUT2D eigenvalue weighted by atomic mass is 10.0. The van der Waals surface area contributed by atoms with Gasteiger partial charge in [0.15, 0.2) is 0 Å². The van der Waals surface area contributed by atoms with E-state index in [9.17, 15) is 9.59 Å². The van der Waals surface area contributed by atoms with Crippen LogP contribution in [0.1, 0.15) is 50.2 Å². The lowest BCUT2D eigenvalue weighted by molar-refractivity contribution is -0.129. The summed E-state index contributed by atoms with van der Waals surface area (Å²) in [5.41, 5.74) is 5.71. The highest BCUT2D eigenvalue weighted by Gasteiger charge is 2.34. The predicted octanol–water partition coefficient (Wildman–Crippen LogP) is 4.14. The van der Waals surface area contributed by atoms with Crippen LogP contribution in [0.25, 0.3) is 0 Å². The van der Waals surface area contributed by atoms with Crippen molar-refractivity contribution in [2.24, 2.45) is 11.0 Å². The third-order valence-corrected chi connectivity index (χ3v) is 5.23. The molecule has 0 bridgehead atoms. The summed E-state index contributed by atoms with van der Waals surface area (Å²) in [6, 6.07) is 19.8. The SMILES string of the molecule is CCCCC/C(=N\NC(=O)C1CC(=O)N(Cc2ccccc2)C1)c1ccccc1. The molecule has 29 heavy (non-hydrogen) atoms. The highest BCUT2D eigenvalue weighted by atomic mass is 16.2. The molecule has 1 N–H and O–H groups in total. The van der Waals surface area contributed by atoms with Crippen molar-refractivity contribution in [1.82, 2.24) is 10.3 Å². The number of hydrogen-bond acceptors (Lipinski definition) is 3. The van der Waals surface area contributed by atoms with E-state index in [4.69, 9.17) is 0 Å². The van der Waals surface area contributed by atoms with E-state index >= 15 is 0 Å². The van der Waals surface area contributed by atoms with Gasteiger partial charge in [-0.3, -0.25) is 9.59 Å². The van der Waals surface area contributed by atoms with Crippen LogP contribution in [0.15, 0.2) is 65.8 Å². The first-order valence-corrected chi connectivity index (χ1v) is 10.4. The van der Waals surface area contributed by atoms with Gasteiger partial charge < -0.3 is 4.90 Å². The number of hydrogen-bond donors (Lipinski definition) is 1. The Balaban J connectivity index is 1.61. The predicted molar refractivity (Wildman–Crippen MR) is 115 cm³/mol. The average molecular weight is 392 g/mol. The van der Waals surface area contributed by atoms with Crippen LogP contribution in [0.3, 0.4) is 0 Å². The minimum absolute atomic E-state index is 0.0178. The van der Waals surface area contributed by atoms with Crippen molar-refractivity contribution in [3.8, 4) is 0 Å². The molecule has 0 aromatic heterocycles. The molecule has 1 atom stereocenters. The first kappa shape index (κ1) is 20.8. The monoisotopic (exact) mass is 391 g/mol. The fraction of sp³-hybridized carbons (Fsp3) is 0.375. The first-order chi connectivity index (χ1) is 14.2. The van der Waals surface area contributed by atoms with Gasteiger partial charge in [-0.25, -0.2) is 5.43 Å². The van der Waals surface area contributed by atoms with E-state index in [1.54, 1.807) is 4.90 Å². The normalized spacial score (nSPS) is 16.9. The molecular formula is C24H29N3O2. The number of nitrogens with one attached hydrogen (secondary N) is 1. The van der Waals surface area contributed by atoms with Crippen LogP contribution < -0.4 is 5.43 Å². The Morgan fingerprint density at radius 2 is 1.76 bits per heavy atom. The van der Waals surface area contributed by atoms with Crippen LogP contribution >= 0.6 is 0 Å². The third kappa shape index (κ3) is 6.01. The number of nitrogens with zero attached hydrogens (tertiary/aromatic N) is 2. The smallest absolute Gasteiger partial charge is 0.245 e. The number of benzene rings is 2. The van der Waals surface area contributed by atoms with Gasteiger partial charge in [0, 0.05) is 19.5 Å². The van der Waals surface area contributed by atoms with Gasteiger partial charge in [0.2, 0.25) is 11.8 Å². The van der Waals surface area contributed by atoms with Crippen molar-refractivity contribution < 1.29 is 9.59 Å². The molecule has 1 aliphatic rings. The molecule has 1 fully saturated rings. The van der Waals surface area contributed by atoms with Crippen molar-refractivity contribution in [3.05, 3.63) is 71.8 Å². The second kappa shape index (κ2) is 10.6. The number of carbonyl (C=O) groups excluding carboxylic acids is 2. The maximum Gasteiger partial charge on any atom is 0.245 e. The molecule has 2 amide bonds. The summed E-state index contributed by atoms with van der Waals surface area (Å²) in [6.45, 7) is 3.14. The molecule has 3 rings (SSSR count). The molecular weight excluding hydrogens is 362 g/mol. The van der Waals surface area contributed by atoms with Gasteiger partial charge in [-0.2, -0.15) is 5.10 Å². The Hall–Kier alpha value is -2.95. The zero-order valence-corrected chi connectivity index (χ0v) is 17.0. The van der Waals surface area contributed by atoms with E-state index in [1.165, 1.54) is 0 Å². The van der Waals surface area contributed by atoms with Crippen LogP contribution in [-0.2, 0) is 16.1 Å². The summed E-state index contributed by atoms with van der Waals surface area (Å²) >= 11 is 0. The summed E-state index contributed by atoms with van der Waals surface area (Å²) in [6.07, 6.45) is 4.36. The lowest BCUT2D eigenvalue weighted by Crippen LogP contribution is -2.30. The summed E-state index contributed by atoms with van der Waals surface area (Å²) in [5.74, 6) is -0.523. The van der Waals surface area contributed by atoms with Crippen molar-refractivity contribution in [1.29, 1.82) is 0 Å². The average Bonchev–Trinajstić information content (AvgIpc) is 3.12. The second-order valence-corrected chi connectivity index (χ2v) is 7.52. The van der Waals surface area contributed by atoms with Gasteiger partial charge in [-0.1, -0.05) is 80.4 Å². The Morgan fingerprint density at radius 1 is 1.07 bits per heavy atom. The van der Waals surface area contributed by atoms with Crippen LogP contribution in [0.5, 0.6) is 0 Å². The molecule has 1 heterocycles. The summed E-state index contributed by atoms with van der Waals surface area (Å²) in [4.78, 5) is 26.7. The van der Waals surface area contributed by atoms with Crippen molar-refractivity contribution >= 4 is 17.5 Å². The Morgan fingerprint density at radius 3 is 2.45 bits per heavy atom. The molecule has 0 radical (unpaired) electrons. The Bertz CT molecular complexity index is 834. The second-order valence-electron chi connectivity index (χ2n) is 7.52. The van der Waals surface area contributed by atoms with Crippen molar-refractivity contribution in [2.75, 3.05) is 6.54 Å². The van der Waals surface area contributed by atoms with Crippen LogP contribution in [0, 0.1) is 5.92 Å². The van der Waals surface area contributed by atoms with Crippen molar-refractivity contribution in [3.63, 3.8) is 0 Å². The van der Waals surface area contributed by atoms with Gasteiger partial charge in [-0.15, -0.1) is 0 Å². The Kier molecular flexibility index (Phi) is 7.56. The number of hydrazone groups is 1. The molecule has 152 valence electrons. The highest BCUT2D eigenvalue weighted by molar-refractivity contribution is 6.01. The van der Waals surface area contributed by atoms with E-state index in [0.717, 1.165) is 42.5 Å². The largest absolute Gasteiger partial charge is 0.338 e. The zero-order valence-electron chi connectivity index (χ0n) is 17.0. The molecule has 0 aliphatic carbocycles. The molecule has 1 aliphatic heterocycles. The summed E-state index contributed by atoms with van der Waals surface area (Å²) < 4.78 is 0. The zero-order chi connectivity index (χ0) is 20.5. The number of likely N-dealkylation sites (tertiary alicyclic amines) is 1. The fourth-order valence-corrected chi connectivity index (χ4v) is 3.56. The van der Waals surface area contributed by atoms with Gasteiger partial charge in [0.25, 0.3) is 0 Å². The highest BCUT2D eigenvalue weighted by Crippen LogP contribution is 2.20. The third-order valence-electron chi connectivity index (χ3n) is 5.23. The minimum Gasteiger partial charge on any atom is -0.338 e. The number of amides is 2. The van der Waals surface area contributed by atoms with Crippen LogP contribution in [0.2, 0.25) is 0 Å². The molecule has 2 aromatic carbocycles. The van der Waals surface area contributed by atoms with Crippen LogP contribution in [-0.4, -0.2) is 29.0 Å². The van der Waals surface area contributed by atoms with E-state index < -0.39 is 0 Å². The van der Waals surface area contributed by atoms with Gasteiger partial charge >= 0.3 is 0 Å². The summed E-state index contributed by atoms with van der Waals surface area (Å²) in [5, 5.41) is 4.43.